The number of Topliss-reactive ketones (excluding diaryl/α,β-unsaturated/α-hetero) is 1. The first kappa shape index (κ1) is 61.6. The van der Waals surface area contributed by atoms with Crippen LogP contribution < -0.4 is 0 Å². The van der Waals surface area contributed by atoms with Gasteiger partial charge in [-0.3, -0.25) is 4.79 Å². The molecule has 444 valence electrons. The van der Waals surface area contributed by atoms with Crippen LogP contribution in [0.15, 0.2) is 11.6 Å². The summed E-state index contributed by atoms with van der Waals surface area (Å²) < 4.78 is 47.4. The lowest BCUT2D eigenvalue weighted by atomic mass is 9.38. The fourth-order valence-corrected chi connectivity index (χ4v) is 15.3. The van der Waals surface area contributed by atoms with Crippen molar-refractivity contribution < 1.29 is 114 Å². The van der Waals surface area contributed by atoms with E-state index in [0.29, 0.717) is 32.1 Å². The molecule has 0 radical (unpaired) electrons. The van der Waals surface area contributed by atoms with E-state index in [-0.39, 0.29) is 46.7 Å². The maximum absolute atomic E-state index is 15.2. The topological polar surface area (TPSA) is 374 Å². The van der Waals surface area contributed by atoms with E-state index in [9.17, 15) is 71.5 Å². The summed E-state index contributed by atoms with van der Waals surface area (Å²) in [6.07, 6.45) is -25.2. The summed E-state index contributed by atoms with van der Waals surface area (Å²) in [5.41, 5.74) is -2.28. The van der Waals surface area contributed by atoms with Crippen molar-refractivity contribution in [2.75, 3.05) is 19.8 Å². The number of aliphatic hydroxyl groups excluding tert-OH is 14. The van der Waals surface area contributed by atoms with Gasteiger partial charge in [-0.15, -0.1) is 0 Å². The number of ketones is 1. The van der Waals surface area contributed by atoms with E-state index in [1.807, 2.05) is 0 Å². The molecule has 14 N–H and O–H groups in total. The number of fused-ring (bicyclic) bond motifs is 5. The van der Waals surface area contributed by atoms with Crippen LogP contribution in [-0.4, -0.2) is 238 Å². The van der Waals surface area contributed by atoms with Crippen LogP contribution in [0.3, 0.4) is 0 Å². The first-order valence-electron chi connectivity index (χ1n) is 27.8. The summed E-state index contributed by atoms with van der Waals surface area (Å²) in [6.45, 7) is 15.8. The van der Waals surface area contributed by atoms with Crippen molar-refractivity contribution in [2.45, 2.75) is 254 Å². The molecular formula is C54H90O23. The predicted molar refractivity (Wildman–Crippen MR) is 265 cm³/mol. The fourth-order valence-electron chi connectivity index (χ4n) is 15.3. The highest BCUT2D eigenvalue weighted by Gasteiger charge is 2.71. The number of hydrogen-bond acceptors (Lipinski definition) is 23. The van der Waals surface area contributed by atoms with Gasteiger partial charge in [0.05, 0.1) is 43.7 Å². The lowest BCUT2D eigenvalue weighted by Gasteiger charge is -2.65. The highest BCUT2D eigenvalue weighted by molar-refractivity contribution is 5.88. The Morgan fingerprint density at radius 3 is 1.84 bits per heavy atom. The Morgan fingerprint density at radius 2 is 1.21 bits per heavy atom. The molecule has 0 spiro atoms. The van der Waals surface area contributed by atoms with Crippen LogP contribution in [-0.2, 0) is 42.7 Å². The quantitative estimate of drug-likeness (QED) is 0.0744. The molecule has 0 aromatic heterocycles. The molecule has 23 heteroatoms. The summed E-state index contributed by atoms with van der Waals surface area (Å²) >= 11 is 0. The summed E-state index contributed by atoms with van der Waals surface area (Å²) in [7, 11) is 0. The molecule has 0 aromatic rings. The number of hydrogen-bond donors (Lipinski definition) is 14. The van der Waals surface area contributed by atoms with Crippen molar-refractivity contribution >= 4 is 5.78 Å². The Hall–Kier alpha value is -1.47. The number of ether oxygens (including phenoxy) is 8. The molecule has 0 unspecified atom stereocenters. The zero-order valence-corrected chi connectivity index (χ0v) is 45.8. The fraction of sp³-hybridized carbons (Fsp3) is 0.944. The second kappa shape index (κ2) is 22.9. The van der Waals surface area contributed by atoms with Gasteiger partial charge in [-0.2, -0.15) is 0 Å². The van der Waals surface area contributed by atoms with E-state index in [4.69, 9.17) is 37.9 Å². The molecule has 0 amide bonds. The Labute approximate surface area is 450 Å². The Kier molecular flexibility index (Phi) is 18.4. The van der Waals surface area contributed by atoms with Crippen LogP contribution in [0.2, 0.25) is 0 Å². The smallest absolute Gasteiger partial charge is 0.187 e. The van der Waals surface area contributed by atoms with Gasteiger partial charge >= 0.3 is 0 Å². The zero-order chi connectivity index (χ0) is 56.8. The van der Waals surface area contributed by atoms with E-state index in [0.717, 1.165) is 18.4 Å². The molecule has 4 heterocycles. The molecule has 23 nitrogen and oxygen atoms in total. The number of aliphatic hydroxyl groups is 14. The molecule has 77 heavy (non-hydrogen) atoms. The van der Waals surface area contributed by atoms with Gasteiger partial charge in [0.1, 0.15) is 97.3 Å². The highest BCUT2D eigenvalue weighted by Crippen LogP contribution is 2.74. The van der Waals surface area contributed by atoms with Crippen LogP contribution >= 0.6 is 0 Å². The number of allylic oxidation sites excluding steroid dienone is 1. The molecule has 29 atom stereocenters. The Morgan fingerprint density at radius 1 is 0.649 bits per heavy atom. The first-order chi connectivity index (χ1) is 35.9. The van der Waals surface area contributed by atoms with Gasteiger partial charge in [0.15, 0.2) is 25.2 Å². The molecule has 0 aromatic carbocycles. The average molecular weight is 1110 g/mol. The average Bonchev–Trinajstić information content (AvgIpc) is 3.80. The van der Waals surface area contributed by atoms with Gasteiger partial charge in [0.2, 0.25) is 0 Å². The minimum absolute atomic E-state index is 0.0141. The summed E-state index contributed by atoms with van der Waals surface area (Å²) in [4.78, 5) is 15.2. The summed E-state index contributed by atoms with van der Waals surface area (Å²) in [6, 6.07) is 0. The van der Waals surface area contributed by atoms with E-state index >= 15 is 4.79 Å². The monoisotopic (exact) mass is 1110 g/mol. The molecule has 4 saturated heterocycles. The highest BCUT2D eigenvalue weighted by atomic mass is 16.8. The van der Waals surface area contributed by atoms with Gasteiger partial charge < -0.3 is 109 Å². The van der Waals surface area contributed by atoms with Crippen LogP contribution in [0, 0.1) is 45.3 Å². The Balaban J connectivity index is 0.911. The first-order valence-corrected chi connectivity index (χ1v) is 27.8. The number of carbonyl (C=O) groups is 1. The predicted octanol–water partition coefficient (Wildman–Crippen LogP) is -2.00. The van der Waals surface area contributed by atoms with Gasteiger partial charge in [-0.1, -0.05) is 53.2 Å². The molecule has 8 aliphatic rings. The molecular weight excluding hydrogens is 1020 g/mol. The maximum atomic E-state index is 15.2. The van der Waals surface area contributed by atoms with Crippen molar-refractivity contribution in [3.63, 3.8) is 0 Å². The van der Waals surface area contributed by atoms with Crippen LogP contribution in [0.5, 0.6) is 0 Å². The molecule has 0 bridgehead atoms. The lowest BCUT2D eigenvalue weighted by molar-refractivity contribution is -0.372. The molecule has 7 fully saturated rings. The van der Waals surface area contributed by atoms with Crippen molar-refractivity contribution in [3.8, 4) is 0 Å². The van der Waals surface area contributed by atoms with Crippen LogP contribution in [0.1, 0.15) is 114 Å². The van der Waals surface area contributed by atoms with Crippen molar-refractivity contribution in [1.82, 2.24) is 0 Å². The zero-order valence-electron chi connectivity index (χ0n) is 45.8. The molecule has 3 saturated carbocycles. The largest absolute Gasteiger partial charge is 0.394 e. The van der Waals surface area contributed by atoms with Crippen LogP contribution in [0.25, 0.3) is 0 Å². The number of rotatable bonds is 16. The molecule has 4 aliphatic carbocycles. The number of carbonyl (C=O) groups excluding carboxylic acids is 1. The normalized spacial score (nSPS) is 51.0. The van der Waals surface area contributed by atoms with Crippen molar-refractivity contribution in [3.05, 3.63) is 11.6 Å². The van der Waals surface area contributed by atoms with E-state index in [2.05, 4.69) is 47.6 Å². The standard InChI is InChI=1S/C54H90O23/c1-22(10-14-31(57)51(5,6)77-48-44(69)40(65)37(62)29(74-48)21-70-46-42(67)39(64)35(60)27(19-55)72-46)24-16-17-52(7)30-13-11-25-26(54(30,9)32(58)18-53(24,52)8)12-15-33(50(25,3)4)75-49-45(41(66)36(61)28(20-56)73-49)76-47-43(68)38(63)34(59)23(2)71-47/h11,22-24,26-31,33-49,55-57,59-69H,10,12-21H2,1-9H3/t22-,23-,24+,26+,27-,28+,29+,30-,31-,33-,34+,35+,36-,37-,38+,39+,40-,41+,42+,43-,44+,45+,46+,47-,48-,49-,52-,53+,54+/m0/s1. The van der Waals surface area contributed by atoms with Crippen molar-refractivity contribution in [1.29, 1.82) is 0 Å². The van der Waals surface area contributed by atoms with Gasteiger partial charge in [0, 0.05) is 17.3 Å². The van der Waals surface area contributed by atoms with E-state index < -0.39 is 171 Å². The molecule has 8 rings (SSSR count). The maximum Gasteiger partial charge on any atom is 0.187 e. The minimum Gasteiger partial charge on any atom is -0.394 e. The second-order valence-corrected chi connectivity index (χ2v) is 25.6. The van der Waals surface area contributed by atoms with Gasteiger partial charge in [-0.25, -0.2) is 0 Å². The summed E-state index contributed by atoms with van der Waals surface area (Å²) in [5, 5.41) is 148. The Bertz CT molecular complexity index is 2060. The second-order valence-electron chi connectivity index (χ2n) is 25.6. The third kappa shape index (κ3) is 10.7. The minimum atomic E-state index is -1.77. The lowest BCUT2D eigenvalue weighted by Crippen LogP contribution is -2.65. The van der Waals surface area contributed by atoms with E-state index in [1.54, 1.807) is 13.8 Å². The third-order valence-corrected chi connectivity index (χ3v) is 20.6. The molecule has 4 aliphatic heterocycles. The third-order valence-electron chi connectivity index (χ3n) is 20.6. The van der Waals surface area contributed by atoms with E-state index in [1.165, 1.54) is 6.92 Å². The summed E-state index contributed by atoms with van der Waals surface area (Å²) in [5.74, 6) is 0.303. The van der Waals surface area contributed by atoms with Gasteiger partial charge in [0.25, 0.3) is 0 Å². The van der Waals surface area contributed by atoms with Crippen molar-refractivity contribution in [2.24, 2.45) is 45.3 Å². The van der Waals surface area contributed by atoms with Crippen LogP contribution in [0.4, 0.5) is 0 Å². The SMILES string of the molecule is C[C@@H]1O[C@@H](O[C@H]2[C@H](O[C@H]3CC[C@@H]4C(=CC[C@@H]5[C@]4(C)C(=O)C[C@]4(C)[C@@H]([C@@H](C)CC[C@H](O)C(C)(C)O[C@@H]6O[C@H](CO[C@@H]7O[C@@H](CO)[C@@H](O)[C@@H](O)[C@H]7O)[C@H](O)[C@H](O)[C@H]6O)CC[C@@]54C)C3(C)C)O[C@H](CO)[C@H](O)[C@H]2O)[C@@H](O)[C@H](O)[C@@H]1O. The van der Waals surface area contributed by atoms with Gasteiger partial charge in [-0.05, 0) is 100 Å².